The van der Waals surface area contributed by atoms with Crippen molar-refractivity contribution in [3.05, 3.63) is 48.0 Å². The van der Waals surface area contributed by atoms with Crippen LogP contribution >= 0.6 is 0 Å². The number of nitrogens with zero attached hydrogens (tertiary/aromatic N) is 2. The van der Waals surface area contributed by atoms with Crippen molar-refractivity contribution in [3.8, 4) is 0 Å². The van der Waals surface area contributed by atoms with E-state index in [4.69, 9.17) is 0 Å². The Kier molecular flexibility index (Phi) is 4.81. The molecule has 2 aromatic rings. The maximum Gasteiger partial charge on any atom is 0.243 e. The first kappa shape index (κ1) is 15.3. The van der Waals surface area contributed by atoms with Crippen LogP contribution in [0, 0.1) is 5.82 Å². The van der Waals surface area contributed by atoms with E-state index in [-0.39, 0.29) is 23.7 Å². The van der Waals surface area contributed by atoms with Crippen molar-refractivity contribution in [2.75, 3.05) is 18.9 Å². The maximum absolute atomic E-state index is 13.4. The van der Waals surface area contributed by atoms with Gasteiger partial charge in [-0.3, -0.25) is 0 Å². The molecule has 0 aliphatic carbocycles. The second kappa shape index (κ2) is 6.59. The number of halogens is 1. The summed E-state index contributed by atoms with van der Waals surface area (Å²) in [5, 5.41) is 2.70. The lowest BCUT2D eigenvalue weighted by Crippen LogP contribution is -2.26. The van der Waals surface area contributed by atoms with E-state index in [2.05, 4.69) is 20.0 Å². The van der Waals surface area contributed by atoms with Gasteiger partial charge in [0.05, 0.1) is 12.4 Å². The van der Waals surface area contributed by atoms with Gasteiger partial charge in [0.15, 0.2) is 0 Å². The summed E-state index contributed by atoms with van der Waals surface area (Å²) in [6.07, 6.45) is 2.69. The molecule has 112 valence electrons. The Morgan fingerprint density at radius 1 is 1.19 bits per heavy atom. The van der Waals surface area contributed by atoms with E-state index in [0.717, 1.165) is 0 Å². The quantitative estimate of drug-likeness (QED) is 0.837. The van der Waals surface area contributed by atoms with Crippen molar-refractivity contribution in [1.82, 2.24) is 14.7 Å². The second-order valence-corrected chi connectivity index (χ2v) is 6.00. The first-order valence-corrected chi connectivity index (χ1v) is 7.74. The Morgan fingerprint density at radius 2 is 1.86 bits per heavy atom. The summed E-state index contributed by atoms with van der Waals surface area (Å²) in [5.41, 5.74) is 0.460. The first-order chi connectivity index (χ1) is 10.0. The van der Waals surface area contributed by atoms with Crippen LogP contribution in [0.2, 0.25) is 0 Å². The maximum atomic E-state index is 13.4. The number of benzene rings is 1. The van der Waals surface area contributed by atoms with Gasteiger partial charge in [0, 0.05) is 13.6 Å². The van der Waals surface area contributed by atoms with Gasteiger partial charge in [-0.05, 0) is 18.1 Å². The smallest absolute Gasteiger partial charge is 0.243 e. The van der Waals surface area contributed by atoms with Crippen molar-refractivity contribution < 1.29 is 12.8 Å². The average Bonchev–Trinajstić information content (AvgIpc) is 2.49. The highest BCUT2D eigenvalue weighted by Crippen LogP contribution is 2.09. The van der Waals surface area contributed by atoms with Crippen molar-refractivity contribution in [2.45, 2.75) is 11.3 Å². The highest BCUT2D eigenvalue weighted by molar-refractivity contribution is 7.89. The van der Waals surface area contributed by atoms with E-state index in [1.807, 2.05) is 0 Å². The highest BCUT2D eigenvalue weighted by Gasteiger charge is 2.14. The van der Waals surface area contributed by atoms with Crippen molar-refractivity contribution in [1.29, 1.82) is 0 Å². The van der Waals surface area contributed by atoms with Gasteiger partial charge in [0.25, 0.3) is 0 Å². The Hall–Kier alpha value is -2.06. The molecule has 6 nitrogen and oxygen atoms in total. The number of rotatable bonds is 6. The van der Waals surface area contributed by atoms with Crippen LogP contribution in [0.15, 0.2) is 41.6 Å². The fraction of sp³-hybridized carbons (Fsp3) is 0.231. The van der Waals surface area contributed by atoms with Crippen LogP contribution in [0.25, 0.3) is 0 Å². The molecule has 8 heteroatoms. The molecule has 0 unspecified atom stereocenters. The molecule has 0 bridgehead atoms. The minimum Gasteiger partial charge on any atom is -0.357 e. The monoisotopic (exact) mass is 310 g/mol. The van der Waals surface area contributed by atoms with E-state index in [9.17, 15) is 12.8 Å². The first-order valence-electron chi connectivity index (χ1n) is 6.26. The van der Waals surface area contributed by atoms with E-state index in [1.165, 1.54) is 18.5 Å². The van der Waals surface area contributed by atoms with Crippen LogP contribution < -0.4 is 10.0 Å². The third-order valence-corrected chi connectivity index (χ3v) is 4.22. The van der Waals surface area contributed by atoms with E-state index < -0.39 is 10.0 Å². The molecule has 0 saturated heterocycles. The summed E-state index contributed by atoms with van der Waals surface area (Å²) >= 11 is 0. The third-order valence-electron chi connectivity index (χ3n) is 2.81. The molecule has 2 rings (SSSR count). The van der Waals surface area contributed by atoms with E-state index in [0.29, 0.717) is 11.5 Å². The molecule has 0 saturated carbocycles. The highest BCUT2D eigenvalue weighted by atomic mass is 32.2. The van der Waals surface area contributed by atoms with Gasteiger partial charge in [-0.2, -0.15) is 0 Å². The lowest BCUT2D eigenvalue weighted by molar-refractivity contribution is 0.576. The standard InChI is InChI=1S/C13H15FN4O2S/c1-15-13-16-8-11(9-17-13)21(19,20)18-7-6-10-4-2-3-5-12(10)14/h2-5,8-9,18H,6-7H2,1H3,(H,15,16,17). The number of aromatic nitrogens is 2. The van der Waals surface area contributed by atoms with E-state index in [1.54, 1.807) is 25.2 Å². The Balaban J connectivity index is 1.99. The summed E-state index contributed by atoms with van der Waals surface area (Å²) in [7, 11) is -2.06. The third kappa shape index (κ3) is 3.96. The predicted octanol–water partition coefficient (Wildman–Crippen LogP) is 1.18. The molecule has 0 fully saturated rings. The summed E-state index contributed by atoms with van der Waals surface area (Å²) in [4.78, 5) is 7.65. The van der Waals surface area contributed by atoms with Gasteiger partial charge in [-0.1, -0.05) is 18.2 Å². The van der Waals surface area contributed by atoms with Gasteiger partial charge in [-0.15, -0.1) is 0 Å². The average molecular weight is 310 g/mol. The molecule has 0 atom stereocenters. The minimum absolute atomic E-state index is 0.0324. The molecule has 2 N–H and O–H groups in total. The molecule has 0 aliphatic heterocycles. The van der Waals surface area contributed by atoms with Crippen LogP contribution in [0.3, 0.4) is 0 Å². The molecule has 0 amide bonds. The largest absolute Gasteiger partial charge is 0.357 e. The minimum atomic E-state index is -3.69. The zero-order valence-electron chi connectivity index (χ0n) is 11.4. The summed E-state index contributed by atoms with van der Waals surface area (Å²) in [6, 6.07) is 6.25. The lowest BCUT2D eigenvalue weighted by Gasteiger charge is -2.07. The molecule has 1 aromatic heterocycles. The lowest BCUT2D eigenvalue weighted by atomic mass is 10.1. The molecular weight excluding hydrogens is 295 g/mol. The van der Waals surface area contributed by atoms with Crippen LogP contribution in [0.4, 0.5) is 10.3 Å². The van der Waals surface area contributed by atoms with E-state index >= 15 is 0 Å². The molecular formula is C13H15FN4O2S. The van der Waals surface area contributed by atoms with Gasteiger partial charge in [-0.25, -0.2) is 27.5 Å². The normalized spacial score (nSPS) is 11.3. The molecule has 0 spiro atoms. The number of sulfonamides is 1. The molecule has 0 radical (unpaired) electrons. The van der Waals surface area contributed by atoms with Gasteiger partial charge >= 0.3 is 0 Å². The summed E-state index contributed by atoms with van der Waals surface area (Å²) in [6.45, 7) is 0.0943. The molecule has 21 heavy (non-hydrogen) atoms. The fourth-order valence-electron chi connectivity index (χ4n) is 1.69. The predicted molar refractivity (Wildman–Crippen MR) is 76.9 cm³/mol. The number of nitrogens with one attached hydrogen (secondary N) is 2. The zero-order chi connectivity index (χ0) is 15.3. The van der Waals surface area contributed by atoms with Gasteiger partial charge in [0.2, 0.25) is 16.0 Å². The molecule has 1 heterocycles. The van der Waals surface area contributed by atoms with Crippen LogP contribution in [-0.4, -0.2) is 32.0 Å². The number of hydrogen-bond acceptors (Lipinski definition) is 5. The van der Waals surface area contributed by atoms with Crippen LogP contribution in [0.1, 0.15) is 5.56 Å². The van der Waals surface area contributed by atoms with Crippen LogP contribution in [-0.2, 0) is 16.4 Å². The second-order valence-electron chi connectivity index (χ2n) is 4.23. The summed E-state index contributed by atoms with van der Waals surface area (Å²) in [5.74, 6) is -0.0151. The fourth-order valence-corrected chi connectivity index (χ4v) is 2.61. The summed E-state index contributed by atoms with van der Waals surface area (Å²) < 4.78 is 39.8. The molecule has 0 aliphatic rings. The molecule has 1 aromatic carbocycles. The van der Waals surface area contributed by atoms with Crippen molar-refractivity contribution >= 4 is 16.0 Å². The van der Waals surface area contributed by atoms with Gasteiger partial charge in [0.1, 0.15) is 10.7 Å². The van der Waals surface area contributed by atoms with Crippen molar-refractivity contribution in [2.24, 2.45) is 0 Å². The Bertz CT molecular complexity index is 704. The van der Waals surface area contributed by atoms with Gasteiger partial charge < -0.3 is 5.32 Å². The topological polar surface area (TPSA) is 84.0 Å². The zero-order valence-corrected chi connectivity index (χ0v) is 12.2. The Morgan fingerprint density at radius 3 is 2.48 bits per heavy atom. The SMILES string of the molecule is CNc1ncc(S(=O)(=O)NCCc2ccccc2F)cn1. The van der Waals surface area contributed by atoms with Crippen LogP contribution in [0.5, 0.6) is 0 Å². The number of hydrogen-bond donors (Lipinski definition) is 2. The Labute approximate surface area is 122 Å². The number of anilines is 1. The van der Waals surface area contributed by atoms with Crippen molar-refractivity contribution in [3.63, 3.8) is 0 Å².